The van der Waals surface area contributed by atoms with Gasteiger partial charge in [0, 0.05) is 42.0 Å². The van der Waals surface area contributed by atoms with Gasteiger partial charge in [-0.05, 0) is 61.4 Å². The van der Waals surface area contributed by atoms with E-state index in [9.17, 15) is 9.18 Å². The molecule has 1 N–H and O–H groups in total. The van der Waals surface area contributed by atoms with Gasteiger partial charge in [0.05, 0.1) is 7.11 Å². The summed E-state index contributed by atoms with van der Waals surface area (Å²) in [5.74, 6) is -0.188. The molecule has 1 aliphatic heterocycles. The Morgan fingerprint density at radius 3 is 2.78 bits per heavy atom. The summed E-state index contributed by atoms with van der Waals surface area (Å²) in [6, 6.07) is 6.93. The maximum Gasteiger partial charge on any atom is 0.410 e. The standard InChI is InChI=1S/C25H26FN3O3/c1-31-23-7-6-17(13-22(23)26)18-12-20-21(15-28-24(20)27-14-18)16-8-10-29(11-9-16)25(30)32-19-4-2-3-5-19/h6-8,12-15,19H,2-5,9-11H2,1H3,(H,27,28). The van der Waals surface area contributed by atoms with E-state index in [0.29, 0.717) is 13.1 Å². The second-order valence-corrected chi connectivity index (χ2v) is 8.39. The molecule has 5 rings (SSSR count). The molecule has 166 valence electrons. The molecule has 1 aromatic carbocycles. The van der Waals surface area contributed by atoms with Crippen molar-refractivity contribution in [2.75, 3.05) is 20.2 Å². The van der Waals surface area contributed by atoms with E-state index in [1.807, 2.05) is 18.3 Å². The summed E-state index contributed by atoms with van der Waals surface area (Å²) in [5, 5.41) is 0.979. The van der Waals surface area contributed by atoms with Crippen molar-refractivity contribution in [2.24, 2.45) is 0 Å². The molecule has 1 amide bonds. The average molecular weight is 435 g/mol. The molecule has 0 spiro atoms. The molecular weight excluding hydrogens is 409 g/mol. The van der Waals surface area contributed by atoms with Gasteiger partial charge in [0.1, 0.15) is 11.8 Å². The zero-order valence-electron chi connectivity index (χ0n) is 18.1. The van der Waals surface area contributed by atoms with E-state index in [2.05, 4.69) is 16.0 Å². The third kappa shape index (κ3) is 3.95. The van der Waals surface area contributed by atoms with E-state index < -0.39 is 5.82 Å². The monoisotopic (exact) mass is 435 g/mol. The minimum atomic E-state index is -0.404. The van der Waals surface area contributed by atoms with Crippen LogP contribution in [-0.4, -0.2) is 47.3 Å². The van der Waals surface area contributed by atoms with Gasteiger partial charge in [0.15, 0.2) is 11.6 Å². The van der Waals surface area contributed by atoms with Crippen LogP contribution < -0.4 is 4.74 Å². The molecule has 1 fully saturated rings. The number of methoxy groups -OCH3 is 1. The van der Waals surface area contributed by atoms with Gasteiger partial charge in [-0.15, -0.1) is 0 Å². The molecule has 0 atom stereocenters. The van der Waals surface area contributed by atoms with Crippen molar-refractivity contribution in [1.82, 2.24) is 14.9 Å². The Hall–Kier alpha value is -3.35. The van der Waals surface area contributed by atoms with Crippen molar-refractivity contribution < 1.29 is 18.7 Å². The maximum absolute atomic E-state index is 14.2. The van der Waals surface area contributed by atoms with Crippen LogP contribution in [-0.2, 0) is 4.74 Å². The van der Waals surface area contributed by atoms with Crippen LogP contribution in [0.4, 0.5) is 9.18 Å². The Morgan fingerprint density at radius 2 is 2.06 bits per heavy atom. The summed E-state index contributed by atoms with van der Waals surface area (Å²) in [7, 11) is 1.45. The lowest BCUT2D eigenvalue weighted by atomic mass is 9.98. The molecule has 0 radical (unpaired) electrons. The fourth-order valence-electron chi connectivity index (χ4n) is 4.58. The molecule has 1 saturated carbocycles. The maximum atomic E-state index is 14.2. The zero-order chi connectivity index (χ0) is 22.1. The lowest BCUT2D eigenvalue weighted by Gasteiger charge is -2.27. The quantitative estimate of drug-likeness (QED) is 0.584. The number of fused-ring (bicyclic) bond motifs is 1. The molecule has 0 saturated heterocycles. The van der Waals surface area contributed by atoms with Gasteiger partial charge in [0.2, 0.25) is 0 Å². The van der Waals surface area contributed by atoms with Gasteiger partial charge in [-0.1, -0.05) is 12.1 Å². The predicted octanol–water partition coefficient (Wildman–Crippen LogP) is 5.55. The summed E-state index contributed by atoms with van der Waals surface area (Å²) in [6.45, 7) is 1.16. The topological polar surface area (TPSA) is 67.5 Å². The summed E-state index contributed by atoms with van der Waals surface area (Å²) >= 11 is 0. The molecule has 0 bridgehead atoms. The number of carbonyl (C=O) groups excluding carboxylic acids is 1. The number of aromatic nitrogens is 2. The summed E-state index contributed by atoms with van der Waals surface area (Å²) in [6.07, 6.45) is 10.6. The van der Waals surface area contributed by atoms with Gasteiger partial charge >= 0.3 is 6.09 Å². The molecule has 32 heavy (non-hydrogen) atoms. The highest BCUT2D eigenvalue weighted by Crippen LogP contribution is 2.33. The Morgan fingerprint density at radius 1 is 1.22 bits per heavy atom. The molecule has 6 nitrogen and oxygen atoms in total. The molecule has 3 aromatic rings. The number of ether oxygens (including phenoxy) is 2. The second kappa shape index (κ2) is 8.65. The fourth-order valence-corrected chi connectivity index (χ4v) is 4.58. The van der Waals surface area contributed by atoms with E-state index >= 15 is 0 Å². The van der Waals surface area contributed by atoms with Crippen molar-refractivity contribution in [1.29, 1.82) is 0 Å². The van der Waals surface area contributed by atoms with Crippen LogP contribution in [0.1, 0.15) is 37.7 Å². The number of aromatic amines is 1. The Labute approximate surface area is 186 Å². The number of carbonyl (C=O) groups is 1. The Bertz CT molecular complexity index is 1180. The largest absolute Gasteiger partial charge is 0.494 e. The molecule has 7 heteroatoms. The van der Waals surface area contributed by atoms with Gasteiger partial charge in [-0.25, -0.2) is 14.2 Å². The molecule has 2 aromatic heterocycles. The number of H-pyrrole nitrogens is 1. The molecular formula is C25H26FN3O3. The zero-order valence-corrected chi connectivity index (χ0v) is 18.1. The van der Waals surface area contributed by atoms with Crippen LogP contribution >= 0.6 is 0 Å². The number of hydrogen-bond donors (Lipinski definition) is 1. The SMILES string of the molecule is COc1ccc(-c2cnc3[nH]cc(C4=CCN(C(=O)OC5CCCC5)CC4)c3c2)cc1F. The number of benzene rings is 1. The Balaban J connectivity index is 1.36. The molecule has 1 aliphatic carbocycles. The van der Waals surface area contributed by atoms with Gasteiger partial charge in [0.25, 0.3) is 0 Å². The van der Waals surface area contributed by atoms with Gasteiger partial charge in [-0.2, -0.15) is 0 Å². The third-order valence-electron chi connectivity index (χ3n) is 6.40. The highest BCUT2D eigenvalue weighted by molar-refractivity contribution is 5.93. The summed E-state index contributed by atoms with van der Waals surface area (Å²) < 4.78 is 24.8. The number of halogens is 1. The number of pyridine rings is 1. The van der Waals surface area contributed by atoms with Crippen LogP contribution in [0.2, 0.25) is 0 Å². The minimum Gasteiger partial charge on any atom is -0.494 e. The summed E-state index contributed by atoms with van der Waals surface area (Å²) in [5.41, 5.74) is 4.58. The first-order chi connectivity index (χ1) is 15.6. The number of rotatable bonds is 4. The van der Waals surface area contributed by atoms with Crippen LogP contribution in [0.5, 0.6) is 5.75 Å². The Kier molecular flexibility index (Phi) is 5.55. The first-order valence-corrected chi connectivity index (χ1v) is 11.1. The van der Waals surface area contributed by atoms with Crippen molar-refractivity contribution in [3.8, 4) is 16.9 Å². The number of amides is 1. The first kappa shape index (κ1) is 20.5. The summed E-state index contributed by atoms with van der Waals surface area (Å²) in [4.78, 5) is 22.0. The van der Waals surface area contributed by atoms with Crippen LogP contribution in [0.15, 0.2) is 42.7 Å². The van der Waals surface area contributed by atoms with Crippen molar-refractivity contribution in [3.63, 3.8) is 0 Å². The predicted molar refractivity (Wildman–Crippen MR) is 121 cm³/mol. The van der Waals surface area contributed by atoms with E-state index in [0.717, 1.165) is 59.8 Å². The lowest BCUT2D eigenvalue weighted by Crippen LogP contribution is -2.36. The van der Waals surface area contributed by atoms with Crippen LogP contribution in [0, 0.1) is 5.82 Å². The number of hydrogen-bond acceptors (Lipinski definition) is 4. The van der Waals surface area contributed by atoms with Gasteiger partial charge < -0.3 is 19.4 Å². The van der Waals surface area contributed by atoms with Gasteiger partial charge in [-0.3, -0.25) is 0 Å². The third-order valence-corrected chi connectivity index (χ3v) is 6.40. The molecule has 2 aliphatic rings. The smallest absolute Gasteiger partial charge is 0.410 e. The minimum absolute atomic E-state index is 0.0776. The lowest BCUT2D eigenvalue weighted by molar-refractivity contribution is 0.0682. The highest BCUT2D eigenvalue weighted by atomic mass is 19.1. The second-order valence-electron chi connectivity index (χ2n) is 8.39. The van der Waals surface area contributed by atoms with E-state index in [-0.39, 0.29) is 17.9 Å². The van der Waals surface area contributed by atoms with Crippen LogP contribution in [0.3, 0.4) is 0 Å². The first-order valence-electron chi connectivity index (χ1n) is 11.1. The fraction of sp³-hybridized carbons (Fsp3) is 0.360. The van der Waals surface area contributed by atoms with Crippen molar-refractivity contribution in [2.45, 2.75) is 38.2 Å². The average Bonchev–Trinajstić information content (AvgIpc) is 3.48. The van der Waals surface area contributed by atoms with Crippen molar-refractivity contribution in [3.05, 3.63) is 54.1 Å². The number of nitrogens with zero attached hydrogens (tertiary/aromatic N) is 2. The molecule has 0 unspecified atom stereocenters. The molecule has 3 heterocycles. The highest BCUT2D eigenvalue weighted by Gasteiger charge is 2.25. The van der Waals surface area contributed by atoms with Crippen LogP contribution in [0.25, 0.3) is 27.7 Å². The van der Waals surface area contributed by atoms with E-state index in [1.54, 1.807) is 17.2 Å². The van der Waals surface area contributed by atoms with E-state index in [4.69, 9.17) is 9.47 Å². The van der Waals surface area contributed by atoms with E-state index in [1.165, 1.54) is 18.7 Å². The van der Waals surface area contributed by atoms with Crippen molar-refractivity contribution >= 4 is 22.7 Å². The normalized spacial score (nSPS) is 16.9. The number of nitrogens with one attached hydrogen (secondary N) is 1.